The van der Waals surface area contributed by atoms with Gasteiger partial charge in [0.2, 0.25) is 0 Å². The van der Waals surface area contributed by atoms with E-state index in [1.807, 2.05) is 6.07 Å². The van der Waals surface area contributed by atoms with Gasteiger partial charge in [-0.05, 0) is 44.9 Å². The number of rotatable bonds is 8. The number of nitrogens with zero attached hydrogens (tertiary/aromatic N) is 2. The highest BCUT2D eigenvalue weighted by Crippen LogP contribution is 2.22. The van der Waals surface area contributed by atoms with E-state index in [4.69, 9.17) is 21.3 Å². The molecule has 1 aromatic carbocycles. The average molecular weight is 374 g/mol. The second-order valence-electron chi connectivity index (χ2n) is 5.38. The van der Waals surface area contributed by atoms with Crippen LogP contribution in [0.25, 0.3) is 11.0 Å². The van der Waals surface area contributed by atoms with E-state index in [9.17, 15) is 0 Å². The molecule has 0 aliphatic rings. The Kier molecular flexibility index (Phi) is 6.52. The third-order valence-corrected chi connectivity index (χ3v) is 4.02. The van der Waals surface area contributed by atoms with E-state index < -0.39 is 0 Å². The fraction of sp³-hybridized carbons (Fsp3) is 0.562. The molecule has 0 atom stereocenters. The molecular weight excluding hydrogens is 352 g/mol. The van der Waals surface area contributed by atoms with Gasteiger partial charge in [-0.2, -0.15) is 0 Å². The molecule has 5 heteroatoms. The van der Waals surface area contributed by atoms with Gasteiger partial charge in [0.25, 0.3) is 0 Å². The molecule has 0 amide bonds. The molecule has 0 spiro atoms. The first-order valence-electron chi connectivity index (χ1n) is 7.44. The Labute approximate surface area is 139 Å². The van der Waals surface area contributed by atoms with Crippen LogP contribution in [0.15, 0.2) is 22.7 Å². The molecule has 2 rings (SSSR count). The van der Waals surface area contributed by atoms with Crippen molar-refractivity contribution in [1.29, 1.82) is 0 Å². The van der Waals surface area contributed by atoms with E-state index >= 15 is 0 Å². The summed E-state index contributed by atoms with van der Waals surface area (Å²) in [5.41, 5.74) is 2.21. The van der Waals surface area contributed by atoms with Crippen LogP contribution in [0.5, 0.6) is 0 Å². The van der Waals surface area contributed by atoms with Crippen molar-refractivity contribution in [2.45, 2.75) is 45.8 Å². The van der Waals surface area contributed by atoms with Gasteiger partial charge in [-0.3, -0.25) is 0 Å². The number of imidazole rings is 1. The Morgan fingerprint density at radius 2 is 2.14 bits per heavy atom. The minimum atomic E-state index is 0.307. The third-order valence-electron chi connectivity index (χ3n) is 3.33. The third kappa shape index (κ3) is 4.70. The number of benzene rings is 1. The lowest BCUT2D eigenvalue weighted by Crippen LogP contribution is -2.08. The van der Waals surface area contributed by atoms with E-state index in [0.717, 1.165) is 48.2 Å². The molecule has 0 N–H and O–H groups in total. The first kappa shape index (κ1) is 16.8. The predicted octanol–water partition coefficient (Wildman–Crippen LogP) is 4.79. The van der Waals surface area contributed by atoms with Gasteiger partial charge in [-0.25, -0.2) is 4.98 Å². The molecule has 0 saturated carbocycles. The second-order valence-corrected chi connectivity index (χ2v) is 6.67. The van der Waals surface area contributed by atoms with E-state index in [1.54, 1.807) is 0 Å². The summed E-state index contributed by atoms with van der Waals surface area (Å²) < 4.78 is 8.96. The minimum absolute atomic E-state index is 0.307. The zero-order valence-corrected chi connectivity index (χ0v) is 15.0. The van der Waals surface area contributed by atoms with Crippen LogP contribution in [0.3, 0.4) is 0 Å². The quantitative estimate of drug-likeness (QED) is 0.491. The summed E-state index contributed by atoms with van der Waals surface area (Å²) in [6.45, 7) is 5.92. The second kappa shape index (κ2) is 8.16. The number of ether oxygens (including phenoxy) is 1. The van der Waals surface area contributed by atoms with Gasteiger partial charge in [0.15, 0.2) is 0 Å². The van der Waals surface area contributed by atoms with Gasteiger partial charge in [0.1, 0.15) is 5.82 Å². The van der Waals surface area contributed by atoms with Crippen LogP contribution in [0.1, 0.15) is 32.5 Å². The molecule has 0 fully saturated rings. The smallest absolute Gasteiger partial charge is 0.111 e. The summed E-state index contributed by atoms with van der Waals surface area (Å²) in [6.07, 6.45) is 3.25. The highest BCUT2D eigenvalue weighted by Gasteiger charge is 2.10. The molecule has 21 heavy (non-hydrogen) atoms. The van der Waals surface area contributed by atoms with E-state index in [-0.39, 0.29) is 0 Å². The fourth-order valence-electron chi connectivity index (χ4n) is 2.36. The van der Waals surface area contributed by atoms with Crippen molar-refractivity contribution in [2.75, 3.05) is 12.5 Å². The lowest BCUT2D eigenvalue weighted by atomic mass is 10.3. The molecule has 0 unspecified atom stereocenters. The van der Waals surface area contributed by atoms with Crippen molar-refractivity contribution in [2.24, 2.45) is 0 Å². The molecule has 1 heterocycles. The van der Waals surface area contributed by atoms with Crippen molar-refractivity contribution >= 4 is 38.6 Å². The maximum Gasteiger partial charge on any atom is 0.111 e. The van der Waals surface area contributed by atoms with Crippen LogP contribution in [-0.4, -0.2) is 28.1 Å². The average Bonchev–Trinajstić information content (AvgIpc) is 2.76. The van der Waals surface area contributed by atoms with Gasteiger partial charge in [-0.1, -0.05) is 15.9 Å². The van der Waals surface area contributed by atoms with E-state index in [1.165, 1.54) is 5.52 Å². The Hall–Kier alpha value is -0.580. The maximum atomic E-state index is 5.90. The molecule has 0 aliphatic heterocycles. The van der Waals surface area contributed by atoms with Gasteiger partial charge in [-0.15, -0.1) is 11.6 Å². The van der Waals surface area contributed by atoms with Gasteiger partial charge >= 0.3 is 0 Å². The molecule has 2 aromatic rings. The summed E-state index contributed by atoms with van der Waals surface area (Å²) in [6, 6.07) is 6.21. The van der Waals surface area contributed by atoms with Crippen LogP contribution < -0.4 is 0 Å². The van der Waals surface area contributed by atoms with Gasteiger partial charge in [0.05, 0.1) is 17.1 Å². The van der Waals surface area contributed by atoms with Crippen molar-refractivity contribution in [3.05, 3.63) is 28.5 Å². The summed E-state index contributed by atoms with van der Waals surface area (Å²) in [5.74, 6) is 1.67. The number of aryl methyl sites for hydroxylation is 2. The van der Waals surface area contributed by atoms with Gasteiger partial charge < -0.3 is 9.30 Å². The zero-order valence-electron chi connectivity index (χ0n) is 12.6. The Morgan fingerprint density at radius 1 is 1.33 bits per heavy atom. The zero-order chi connectivity index (χ0) is 15.2. The van der Waals surface area contributed by atoms with Crippen molar-refractivity contribution in [1.82, 2.24) is 9.55 Å². The highest BCUT2D eigenvalue weighted by molar-refractivity contribution is 9.10. The Morgan fingerprint density at radius 3 is 2.86 bits per heavy atom. The number of unbranched alkanes of at least 4 members (excludes halogenated alkanes) is 1. The maximum absolute atomic E-state index is 5.90. The van der Waals surface area contributed by atoms with Crippen molar-refractivity contribution < 1.29 is 4.74 Å². The highest BCUT2D eigenvalue weighted by atomic mass is 79.9. The Bertz CT molecular complexity index is 583. The first-order chi connectivity index (χ1) is 10.1. The molecular formula is C16H22BrClN2O. The summed E-state index contributed by atoms with van der Waals surface area (Å²) in [4.78, 5) is 4.70. The molecule has 1 aromatic heterocycles. The fourth-order valence-corrected chi connectivity index (χ4v) is 2.88. The van der Waals surface area contributed by atoms with Crippen molar-refractivity contribution in [3.8, 4) is 0 Å². The normalized spacial score (nSPS) is 11.7. The van der Waals surface area contributed by atoms with Gasteiger partial charge in [0, 0.05) is 29.9 Å². The largest absolute Gasteiger partial charge is 0.379 e. The summed E-state index contributed by atoms with van der Waals surface area (Å²) in [7, 11) is 0. The van der Waals surface area contributed by atoms with Crippen LogP contribution in [0.2, 0.25) is 0 Å². The van der Waals surface area contributed by atoms with Crippen LogP contribution in [0, 0.1) is 0 Å². The van der Waals surface area contributed by atoms with E-state index in [2.05, 4.69) is 46.5 Å². The molecule has 0 bridgehead atoms. The standard InChI is InChI=1S/C16H22BrClN2O/c1-12(2)21-10-4-3-9-20-15-11-13(17)5-6-14(15)19-16(20)7-8-18/h5-6,11-12H,3-4,7-10H2,1-2H3. The lowest BCUT2D eigenvalue weighted by Gasteiger charge is -2.10. The number of halogens is 2. The van der Waals surface area contributed by atoms with Crippen molar-refractivity contribution in [3.63, 3.8) is 0 Å². The molecule has 0 aliphatic carbocycles. The van der Waals surface area contributed by atoms with Crippen LogP contribution >= 0.6 is 27.5 Å². The molecule has 0 saturated heterocycles. The number of aromatic nitrogens is 2. The van der Waals surface area contributed by atoms with Crippen LogP contribution in [-0.2, 0) is 17.7 Å². The lowest BCUT2D eigenvalue weighted by molar-refractivity contribution is 0.0754. The summed E-state index contributed by atoms with van der Waals surface area (Å²) >= 11 is 9.44. The minimum Gasteiger partial charge on any atom is -0.379 e. The number of alkyl halides is 1. The molecule has 116 valence electrons. The topological polar surface area (TPSA) is 27.1 Å². The van der Waals surface area contributed by atoms with Crippen LogP contribution in [0.4, 0.5) is 0 Å². The molecule has 0 radical (unpaired) electrons. The van der Waals surface area contributed by atoms with E-state index in [0.29, 0.717) is 12.0 Å². The molecule has 3 nitrogen and oxygen atoms in total. The number of fused-ring (bicyclic) bond motifs is 1. The summed E-state index contributed by atoms with van der Waals surface area (Å²) in [5, 5.41) is 0. The first-order valence-corrected chi connectivity index (χ1v) is 8.77. The Balaban J connectivity index is 2.08. The monoisotopic (exact) mass is 372 g/mol. The number of hydrogen-bond acceptors (Lipinski definition) is 2. The SMILES string of the molecule is CC(C)OCCCCn1c(CCCl)nc2ccc(Br)cc21. The number of hydrogen-bond donors (Lipinski definition) is 0. The predicted molar refractivity (Wildman–Crippen MR) is 92.2 cm³/mol.